The van der Waals surface area contributed by atoms with Crippen LogP contribution in [0.1, 0.15) is 31.1 Å². The van der Waals surface area contributed by atoms with E-state index in [1.807, 2.05) is 0 Å². The summed E-state index contributed by atoms with van der Waals surface area (Å²) in [5.41, 5.74) is 1.02. The monoisotopic (exact) mass is 438 g/mol. The molecule has 4 aromatic carbocycles. The van der Waals surface area contributed by atoms with Crippen LogP contribution in [0.4, 0.5) is 11.4 Å². The van der Waals surface area contributed by atoms with Crippen molar-refractivity contribution in [1.29, 1.82) is 0 Å². The van der Waals surface area contributed by atoms with Crippen molar-refractivity contribution in [2.45, 2.75) is 0 Å². The van der Waals surface area contributed by atoms with E-state index in [9.17, 15) is 24.5 Å². The zero-order valence-corrected chi connectivity index (χ0v) is 16.9. The second-order valence-electron chi connectivity index (χ2n) is 7.47. The number of carboxylic acid groups (broad SMARTS) is 1. The van der Waals surface area contributed by atoms with Gasteiger partial charge in [-0.2, -0.15) is 0 Å². The van der Waals surface area contributed by atoms with Gasteiger partial charge in [0.05, 0.1) is 27.3 Å². The number of rotatable bonds is 4. The summed E-state index contributed by atoms with van der Waals surface area (Å²) >= 11 is 0. The lowest BCUT2D eigenvalue weighted by Crippen LogP contribution is -2.40. The van der Waals surface area contributed by atoms with Gasteiger partial charge in [0.15, 0.2) is 0 Å². The number of hydrogen-bond acceptors (Lipinski definition) is 5. The molecule has 8 nitrogen and oxygen atoms in total. The highest BCUT2D eigenvalue weighted by molar-refractivity contribution is 6.37. The molecule has 0 spiro atoms. The highest BCUT2D eigenvalue weighted by Gasteiger charge is 2.37. The first-order chi connectivity index (χ1) is 15.9. The van der Waals surface area contributed by atoms with Crippen molar-refractivity contribution >= 4 is 39.9 Å². The molecule has 1 aliphatic heterocycles. The maximum Gasteiger partial charge on any atom is 0.335 e. The van der Waals surface area contributed by atoms with Gasteiger partial charge in [-0.15, -0.1) is 0 Å². The lowest BCUT2D eigenvalue weighted by atomic mass is 9.87. The summed E-state index contributed by atoms with van der Waals surface area (Å²) in [6.07, 6.45) is 0. The van der Waals surface area contributed by atoms with Gasteiger partial charge in [0, 0.05) is 17.0 Å². The molecule has 2 amide bonds. The van der Waals surface area contributed by atoms with Crippen molar-refractivity contribution in [3.05, 3.63) is 106 Å². The highest BCUT2D eigenvalue weighted by Crippen LogP contribution is 2.43. The molecule has 0 saturated carbocycles. The Kier molecular flexibility index (Phi) is 4.49. The van der Waals surface area contributed by atoms with E-state index in [1.54, 1.807) is 48.5 Å². The SMILES string of the molecule is O=C(O)c1ccc(-c2c([N+](=O)[O-])cc3c4c(cccc24)C(=O)N(c2ccccc2)C3=O)cc1. The molecular weight excluding hydrogens is 424 g/mol. The summed E-state index contributed by atoms with van der Waals surface area (Å²) < 4.78 is 0. The van der Waals surface area contributed by atoms with Gasteiger partial charge in [-0.05, 0) is 41.3 Å². The standard InChI is InChI=1S/C25H14N2O6/c28-23-18-8-4-7-17-21(14-9-11-15(12-10-14)25(30)31)20(27(32)33)13-19(22(17)18)24(29)26(23)16-5-2-1-3-6-16/h1-13H,(H,30,31). The fraction of sp³-hybridized carbons (Fsp3) is 0. The third-order valence-corrected chi connectivity index (χ3v) is 5.64. The van der Waals surface area contributed by atoms with Crippen molar-refractivity contribution in [2.24, 2.45) is 0 Å². The first-order valence-corrected chi connectivity index (χ1v) is 9.90. The number of amides is 2. The van der Waals surface area contributed by atoms with E-state index in [0.29, 0.717) is 22.0 Å². The number of benzene rings is 4. The number of carbonyl (C=O) groups excluding carboxylic acids is 2. The molecule has 0 aromatic heterocycles. The van der Waals surface area contributed by atoms with Crippen molar-refractivity contribution in [3.63, 3.8) is 0 Å². The zero-order chi connectivity index (χ0) is 23.3. The second kappa shape index (κ2) is 7.38. The van der Waals surface area contributed by atoms with Crippen LogP contribution in [0, 0.1) is 10.1 Å². The van der Waals surface area contributed by atoms with Gasteiger partial charge in [0.1, 0.15) is 0 Å². The van der Waals surface area contributed by atoms with Crippen LogP contribution in [-0.4, -0.2) is 27.8 Å². The van der Waals surface area contributed by atoms with E-state index in [1.165, 1.54) is 30.3 Å². The number of nitro groups is 1. The lowest BCUT2D eigenvalue weighted by Gasteiger charge is -2.27. The number of hydrogen-bond donors (Lipinski definition) is 1. The Morgan fingerprint density at radius 2 is 1.52 bits per heavy atom. The van der Waals surface area contributed by atoms with Crippen LogP contribution in [0.15, 0.2) is 78.9 Å². The number of imide groups is 1. The maximum atomic E-state index is 13.4. The molecule has 33 heavy (non-hydrogen) atoms. The lowest BCUT2D eigenvalue weighted by molar-refractivity contribution is -0.384. The van der Waals surface area contributed by atoms with Gasteiger partial charge in [-0.1, -0.05) is 42.5 Å². The second-order valence-corrected chi connectivity index (χ2v) is 7.47. The summed E-state index contributed by atoms with van der Waals surface area (Å²) in [5, 5.41) is 21.9. The molecule has 1 heterocycles. The molecule has 5 rings (SSSR count). The van der Waals surface area contributed by atoms with Crippen LogP contribution >= 0.6 is 0 Å². The summed E-state index contributed by atoms with van der Waals surface area (Å²) in [6, 6.07) is 20.0. The van der Waals surface area contributed by atoms with Gasteiger partial charge in [-0.3, -0.25) is 19.7 Å². The summed E-state index contributed by atoms with van der Waals surface area (Å²) in [7, 11) is 0. The smallest absolute Gasteiger partial charge is 0.335 e. The van der Waals surface area contributed by atoms with Crippen molar-refractivity contribution in [3.8, 4) is 11.1 Å². The fourth-order valence-electron chi connectivity index (χ4n) is 4.19. The Morgan fingerprint density at radius 1 is 0.848 bits per heavy atom. The molecule has 0 bridgehead atoms. The minimum absolute atomic E-state index is 0.0352. The van der Waals surface area contributed by atoms with Crippen LogP contribution < -0.4 is 4.90 Å². The van der Waals surface area contributed by atoms with Crippen LogP contribution in [0.3, 0.4) is 0 Å². The minimum Gasteiger partial charge on any atom is -0.478 e. The van der Waals surface area contributed by atoms with Crippen molar-refractivity contribution < 1.29 is 24.4 Å². The molecule has 0 radical (unpaired) electrons. The van der Waals surface area contributed by atoms with E-state index in [2.05, 4.69) is 0 Å². The molecule has 1 aliphatic rings. The van der Waals surface area contributed by atoms with Crippen LogP contribution in [-0.2, 0) is 0 Å². The molecule has 8 heteroatoms. The average molecular weight is 438 g/mol. The van der Waals surface area contributed by atoms with Crippen LogP contribution in [0.25, 0.3) is 21.9 Å². The molecule has 0 aliphatic carbocycles. The predicted molar refractivity (Wildman–Crippen MR) is 121 cm³/mol. The molecule has 160 valence electrons. The van der Waals surface area contributed by atoms with E-state index in [-0.39, 0.29) is 27.9 Å². The van der Waals surface area contributed by atoms with Gasteiger partial charge in [-0.25, -0.2) is 9.69 Å². The van der Waals surface area contributed by atoms with Crippen LogP contribution in [0.5, 0.6) is 0 Å². The predicted octanol–water partition coefficient (Wildman–Crippen LogP) is 4.91. The normalized spacial score (nSPS) is 12.8. The first-order valence-electron chi connectivity index (χ1n) is 9.90. The first kappa shape index (κ1) is 20.1. The zero-order valence-electron chi connectivity index (χ0n) is 16.9. The third kappa shape index (κ3) is 3.04. The number of anilines is 1. The Bertz CT molecular complexity index is 1490. The number of nitrogens with zero attached hydrogens (tertiary/aromatic N) is 2. The maximum absolute atomic E-state index is 13.4. The molecule has 1 N–H and O–H groups in total. The van der Waals surface area contributed by atoms with Gasteiger partial charge in [0.2, 0.25) is 0 Å². The molecule has 0 saturated heterocycles. The van der Waals surface area contributed by atoms with Gasteiger partial charge < -0.3 is 5.11 Å². The topological polar surface area (TPSA) is 118 Å². The van der Waals surface area contributed by atoms with E-state index >= 15 is 0 Å². The Balaban J connectivity index is 1.81. The summed E-state index contributed by atoms with van der Waals surface area (Å²) in [4.78, 5) is 50.3. The number of aromatic carboxylic acids is 1. The number of carboxylic acids is 1. The van der Waals surface area contributed by atoms with Crippen LogP contribution in [0.2, 0.25) is 0 Å². The van der Waals surface area contributed by atoms with E-state index in [0.717, 1.165) is 4.90 Å². The third-order valence-electron chi connectivity index (χ3n) is 5.64. The largest absolute Gasteiger partial charge is 0.478 e. The summed E-state index contributed by atoms with van der Waals surface area (Å²) in [6.45, 7) is 0. The van der Waals surface area contributed by atoms with E-state index in [4.69, 9.17) is 5.11 Å². The molecular formula is C25H14N2O6. The van der Waals surface area contributed by atoms with Crippen molar-refractivity contribution in [2.75, 3.05) is 4.90 Å². The van der Waals surface area contributed by atoms with Gasteiger partial charge >= 0.3 is 5.97 Å². The molecule has 4 aromatic rings. The van der Waals surface area contributed by atoms with Gasteiger partial charge in [0.25, 0.3) is 17.5 Å². The Labute approximate surface area is 186 Å². The van der Waals surface area contributed by atoms with Crippen molar-refractivity contribution in [1.82, 2.24) is 0 Å². The Hall–Kier alpha value is -4.85. The molecule has 0 atom stereocenters. The fourth-order valence-corrected chi connectivity index (χ4v) is 4.19. The Morgan fingerprint density at radius 3 is 2.15 bits per heavy atom. The number of para-hydroxylation sites is 1. The number of nitro benzene ring substituents is 1. The summed E-state index contributed by atoms with van der Waals surface area (Å²) in [5.74, 6) is -2.29. The number of carbonyl (C=O) groups is 3. The minimum atomic E-state index is -1.12. The molecule has 0 unspecified atom stereocenters. The quantitative estimate of drug-likeness (QED) is 0.275. The van der Waals surface area contributed by atoms with E-state index < -0.39 is 22.7 Å². The average Bonchev–Trinajstić information content (AvgIpc) is 2.82. The molecule has 0 fully saturated rings. The highest BCUT2D eigenvalue weighted by atomic mass is 16.6.